The first-order valence-electron chi connectivity index (χ1n) is 12.8. The Bertz CT molecular complexity index is 1290. The molecule has 0 radical (unpaired) electrons. The smallest absolute Gasteiger partial charge is 0.201 e. The normalized spacial score (nSPS) is 13.3. The van der Waals surface area contributed by atoms with Gasteiger partial charge in [0.15, 0.2) is 11.6 Å². The van der Waals surface area contributed by atoms with Crippen molar-refractivity contribution in [2.75, 3.05) is 26.7 Å². The van der Waals surface area contributed by atoms with Crippen molar-refractivity contribution in [3.8, 4) is 16.9 Å². The van der Waals surface area contributed by atoms with Crippen molar-refractivity contribution >= 4 is 0 Å². The minimum atomic E-state index is -1.00. The lowest BCUT2D eigenvalue weighted by Crippen LogP contribution is -2.31. The highest BCUT2D eigenvalue weighted by Crippen LogP contribution is 2.34. The Morgan fingerprint density at radius 2 is 1.92 bits per heavy atom. The van der Waals surface area contributed by atoms with Crippen LogP contribution in [0.5, 0.6) is 5.75 Å². The van der Waals surface area contributed by atoms with Crippen LogP contribution in [0.3, 0.4) is 0 Å². The summed E-state index contributed by atoms with van der Waals surface area (Å²) in [4.78, 5) is 4.62. The molecule has 9 heteroatoms. The molecule has 37 heavy (non-hydrogen) atoms. The fourth-order valence-corrected chi connectivity index (χ4v) is 4.56. The van der Waals surface area contributed by atoms with Gasteiger partial charge in [0.2, 0.25) is 5.82 Å². The van der Waals surface area contributed by atoms with Gasteiger partial charge in [-0.2, -0.15) is 9.49 Å². The van der Waals surface area contributed by atoms with Crippen molar-refractivity contribution in [1.29, 1.82) is 0 Å². The van der Waals surface area contributed by atoms with E-state index in [0.29, 0.717) is 18.5 Å². The van der Waals surface area contributed by atoms with Gasteiger partial charge in [-0.15, -0.1) is 0 Å². The average Bonchev–Trinajstić information content (AvgIpc) is 3.15. The second-order valence-electron chi connectivity index (χ2n) is 9.87. The molecule has 0 aliphatic rings. The van der Waals surface area contributed by atoms with Crippen molar-refractivity contribution < 1.29 is 13.5 Å². The van der Waals surface area contributed by atoms with Gasteiger partial charge in [0, 0.05) is 61.2 Å². The molecule has 0 fully saturated rings. The zero-order chi connectivity index (χ0) is 27.3. The van der Waals surface area contributed by atoms with E-state index in [1.807, 2.05) is 60.1 Å². The summed E-state index contributed by atoms with van der Waals surface area (Å²) in [6.07, 6.45) is 3.28. The number of benzene rings is 1. The van der Waals surface area contributed by atoms with Crippen LogP contribution in [0.4, 0.5) is 8.78 Å². The summed E-state index contributed by atoms with van der Waals surface area (Å²) in [5.41, 5.74) is 10.4. The van der Waals surface area contributed by atoms with Gasteiger partial charge in [0.1, 0.15) is 5.49 Å². The highest BCUT2D eigenvalue weighted by Gasteiger charge is 2.25. The van der Waals surface area contributed by atoms with E-state index < -0.39 is 17.2 Å². The summed E-state index contributed by atoms with van der Waals surface area (Å²) in [6, 6.07) is 6.63. The number of likely N-dealkylation sites (N-methyl/N-ethyl adjacent to an activating group) is 1. The molecule has 3 aromatic rings. The summed E-state index contributed by atoms with van der Waals surface area (Å²) in [7, 11) is 3.77. The van der Waals surface area contributed by atoms with Crippen LogP contribution in [0.25, 0.3) is 11.1 Å². The lowest BCUT2D eigenvalue weighted by Gasteiger charge is -2.21. The van der Waals surface area contributed by atoms with E-state index in [1.54, 1.807) is 10.7 Å². The predicted octanol–water partition coefficient (Wildman–Crippen LogP) is 4.38. The van der Waals surface area contributed by atoms with Crippen LogP contribution in [0.15, 0.2) is 35.5 Å². The molecule has 1 atom stereocenters. The van der Waals surface area contributed by atoms with E-state index in [9.17, 15) is 4.39 Å². The number of halogens is 2. The number of hydrogen-bond acceptors (Lipinski definition) is 5. The Hall–Kier alpha value is -3.04. The molecular formula is C28H40F2N6O. The Morgan fingerprint density at radius 3 is 2.54 bits per heavy atom. The molecule has 0 aliphatic heterocycles. The summed E-state index contributed by atoms with van der Waals surface area (Å²) in [6.45, 7) is 11.4. The molecule has 0 aliphatic carbocycles. The summed E-state index contributed by atoms with van der Waals surface area (Å²) >= 11 is 0. The maximum atomic E-state index is 15.1. The van der Waals surface area contributed by atoms with Crippen LogP contribution < -0.4 is 21.3 Å². The number of pyridine rings is 1. The van der Waals surface area contributed by atoms with Crippen molar-refractivity contribution in [2.24, 2.45) is 17.8 Å². The summed E-state index contributed by atoms with van der Waals surface area (Å²) in [5.74, 6) is -2.06. The van der Waals surface area contributed by atoms with Gasteiger partial charge < -0.3 is 20.4 Å². The van der Waals surface area contributed by atoms with E-state index in [4.69, 9.17) is 10.5 Å². The number of nitrogens with zero attached hydrogens (tertiary/aromatic N) is 4. The predicted molar refractivity (Wildman–Crippen MR) is 144 cm³/mol. The Morgan fingerprint density at radius 1 is 1.19 bits per heavy atom. The third-order valence-corrected chi connectivity index (χ3v) is 6.61. The van der Waals surface area contributed by atoms with Crippen molar-refractivity contribution in [3.05, 3.63) is 64.5 Å². The maximum Gasteiger partial charge on any atom is 0.201 e. The largest absolute Gasteiger partial charge is 0.489 e. The second-order valence-corrected chi connectivity index (χ2v) is 9.87. The fourth-order valence-electron chi connectivity index (χ4n) is 4.56. The van der Waals surface area contributed by atoms with Gasteiger partial charge >= 0.3 is 0 Å². The van der Waals surface area contributed by atoms with Gasteiger partial charge in [-0.1, -0.05) is 6.92 Å². The molecule has 0 bridgehead atoms. The number of hydrogen-bond donors (Lipinski definition) is 2. The van der Waals surface area contributed by atoms with Gasteiger partial charge in [-0.3, -0.25) is 9.67 Å². The first-order chi connectivity index (χ1) is 17.5. The Balaban J connectivity index is 2.01. The molecule has 3 N–H and O–H groups in total. The fraction of sp³-hybridized carbons (Fsp3) is 0.500. The minimum absolute atomic E-state index is 0.108. The van der Waals surface area contributed by atoms with E-state index in [0.717, 1.165) is 47.0 Å². The number of ether oxygens (including phenoxy) is 1. The number of nitrogens with one attached hydrogen (secondary N) is 1. The Kier molecular flexibility index (Phi) is 9.26. The first kappa shape index (κ1) is 28.5. The molecule has 1 unspecified atom stereocenters. The first-order valence-corrected chi connectivity index (χ1v) is 12.8. The molecule has 202 valence electrons. The SMILES string of the molecule is CCN=c1ccc(-c2ccc(F)c(F)c2OCCc2c(C(C)(C)N)nn(C)c2C)cn1C(CC)CNC. The van der Waals surface area contributed by atoms with Crippen LogP contribution in [0.1, 0.15) is 57.1 Å². The standard InChI is InChI=1S/C28H40F2N6O/c1-8-20(16-32-6)36-17-19(10-13-24(36)33-9-2)22-11-12-23(29)25(30)26(22)37-15-14-21-18(3)35(7)34-27(21)28(4,5)31/h10-13,17,20,32H,8-9,14-16,31H2,1-7H3. The molecule has 0 spiro atoms. The van der Waals surface area contributed by atoms with E-state index in [1.165, 1.54) is 0 Å². The molecule has 0 saturated carbocycles. The van der Waals surface area contributed by atoms with Gasteiger partial charge in [-0.25, -0.2) is 4.39 Å². The van der Waals surface area contributed by atoms with Crippen LogP contribution in [0.2, 0.25) is 0 Å². The van der Waals surface area contributed by atoms with E-state index in [-0.39, 0.29) is 18.4 Å². The molecule has 0 saturated heterocycles. The molecule has 3 rings (SSSR count). The molecule has 0 amide bonds. The number of nitrogens with two attached hydrogens (primary N) is 1. The molecule has 2 aromatic heterocycles. The zero-order valence-electron chi connectivity index (χ0n) is 23.0. The van der Waals surface area contributed by atoms with E-state index >= 15 is 4.39 Å². The molecule has 7 nitrogen and oxygen atoms in total. The van der Waals surface area contributed by atoms with Crippen LogP contribution in [-0.2, 0) is 19.0 Å². The average molecular weight is 515 g/mol. The molecule has 1 aromatic carbocycles. The zero-order valence-corrected chi connectivity index (χ0v) is 23.0. The van der Waals surface area contributed by atoms with Gasteiger partial charge in [-0.05, 0) is 65.4 Å². The minimum Gasteiger partial charge on any atom is -0.489 e. The van der Waals surface area contributed by atoms with E-state index in [2.05, 4.69) is 26.9 Å². The number of aryl methyl sites for hydroxylation is 1. The lowest BCUT2D eigenvalue weighted by atomic mass is 9.96. The number of rotatable bonds is 11. The van der Waals surface area contributed by atoms with Crippen molar-refractivity contribution in [2.45, 2.75) is 59.0 Å². The maximum absolute atomic E-state index is 15.1. The van der Waals surface area contributed by atoms with Crippen molar-refractivity contribution in [3.63, 3.8) is 0 Å². The molecular weight excluding hydrogens is 474 g/mol. The highest BCUT2D eigenvalue weighted by atomic mass is 19.2. The third-order valence-electron chi connectivity index (χ3n) is 6.61. The summed E-state index contributed by atoms with van der Waals surface area (Å²) < 4.78 is 39.3. The van der Waals surface area contributed by atoms with Gasteiger partial charge in [0.25, 0.3) is 0 Å². The van der Waals surface area contributed by atoms with Crippen LogP contribution in [0, 0.1) is 18.6 Å². The van der Waals surface area contributed by atoms with Crippen LogP contribution in [-0.4, -0.2) is 41.1 Å². The summed E-state index contributed by atoms with van der Waals surface area (Å²) in [5, 5.41) is 7.79. The topological polar surface area (TPSA) is 82.4 Å². The number of aromatic nitrogens is 3. The Labute approximate surface area is 218 Å². The lowest BCUT2D eigenvalue weighted by molar-refractivity contribution is 0.299. The second kappa shape index (κ2) is 12.0. The highest BCUT2D eigenvalue weighted by molar-refractivity contribution is 5.70. The van der Waals surface area contributed by atoms with Crippen molar-refractivity contribution in [1.82, 2.24) is 19.7 Å². The van der Waals surface area contributed by atoms with Crippen LogP contribution >= 0.6 is 0 Å². The monoisotopic (exact) mass is 514 g/mol. The third kappa shape index (κ3) is 6.27. The molecule has 2 heterocycles. The quantitative estimate of drug-likeness (QED) is 0.398. The van der Waals surface area contributed by atoms with Gasteiger partial charge in [0.05, 0.1) is 17.8 Å².